The fraction of sp³-hybridized carbons (Fsp3) is 0.250. The van der Waals surface area contributed by atoms with E-state index in [-0.39, 0.29) is 0 Å². The Hall–Kier alpha value is -0.740. The van der Waals surface area contributed by atoms with E-state index in [1.54, 1.807) is 18.3 Å². The summed E-state index contributed by atoms with van der Waals surface area (Å²) < 4.78 is -1.43. The van der Waals surface area contributed by atoms with Gasteiger partial charge in [-0.1, -0.05) is 53.0 Å². The van der Waals surface area contributed by atoms with Gasteiger partial charge < -0.3 is 10.7 Å². The van der Waals surface area contributed by atoms with Gasteiger partial charge in [-0.25, -0.2) is 4.98 Å². The van der Waals surface area contributed by atoms with Crippen molar-refractivity contribution in [3.8, 4) is 11.4 Å². The molecule has 1 heterocycles. The number of imidazole rings is 1. The molecule has 0 spiro atoms. The van der Waals surface area contributed by atoms with E-state index in [0.29, 0.717) is 12.1 Å². The lowest BCUT2D eigenvalue weighted by Crippen LogP contribution is -2.02. The number of halogens is 3. The summed E-state index contributed by atoms with van der Waals surface area (Å²) in [5, 5.41) is 0. The summed E-state index contributed by atoms with van der Waals surface area (Å²) >= 11 is 17.6. The Morgan fingerprint density at radius 3 is 2.72 bits per heavy atom. The van der Waals surface area contributed by atoms with Crippen LogP contribution in [0.4, 0.5) is 0 Å². The van der Waals surface area contributed by atoms with Crippen molar-refractivity contribution in [1.29, 1.82) is 0 Å². The van der Waals surface area contributed by atoms with Crippen molar-refractivity contribution in [3.63, 3.8) is 0 Å². The summed E-state index contributed by atoms with van der Waals surface area (Å²) in [7, 11) is 0. The fourth-order valence-corrected chi connectivity index (χ4v) is 1.98. The van der Waals surface area contributed by atoms with Crippen molar-refractivity contribution < 1.29 is 0 Å². The number of rotatable bonds is 3. The molecular formula is C12H12Cl3N3. The number of benzene rings is 1. The van der Waals surface area contributed by atoms with Gasteiger partial charge in [0.2, 0.25) is 3.79 Å². The van der Waals surface area contributed by atoms with E-state index < -0.39 is 3.79 Å². The van der Waals surface area contributed by atoms with E-state index in [0.717, 1.165) is 23.5 Å². The summed E-state index contributed by atoms with van der Waals surface area (Å²) in [6.07, 6.45) is 2.53. The molecule has 0 aliphatic carbocycles. The van der Waals surface area contributed by atoms with Crippen LogP contribution in [-0.2, 0) is 10.2 Å². The zero-order chi connectivity index (χ0) is 13.2. The van der Waals surface area contributed by atoms with Crippen molar-refractivity contribution in [2.75, 3.05) is 6.54 Å². The Morgan fingerprint density at radius 1 is 1.28 bits per heavy atom. The Labute approximate surface area is 120 Å². The van der Waals surface area contributed by atoms with Gasteiger partial charge in [-0.2, -0.15) is 0 Å². The number of H-pyrrole nitrogens is 1. The van der Waals surface area contributed by atoms with Crippen LogP contribution in [0.25, 0.3) is 11.4 Å². The van der Waals surface area contributed by atoms with Gasteiger partial charge in [0.1, 0.15) is 5.82 Å². The highest BCUT2D eigenvalue weighted by Crippen LogP contribution is 2.39. The molecule has 3 N–H and O–H groups in total. The van der Waals surface area contributed by atoms with E-state index in [1.807, 2.05) is 12.1 Å². The van der Waals surface area contributed by atoms with Gasteiger partial charge in [-0.05, 0) is 12.6 Å². The standard InChI is InChI=1S/C12H12Cl3N3/c13-12(14,15)9-3-1-2-8(6-9)11-17-7-10(18-11)4-5-16/h1-3,6-7H,4-5,16H2,(H,17,18). The third-order valence-corrected chi connectivity index (χ3v) is 3.16. The number of aromatic amines is 1. The predicted molar refractivity (Wildman–Crippen MR) is 76.0 cm³/mol. The molecule has 3 nitrogen and oxygen atoms in total. The topological polar surface area (TPSA) is 54.7 Å². The number of alkyl halides is 3. The highest BCUT2D eigenvalue weighted by Gasteiger charge is 2.23. The molecule has 18 heavy (non-hydrogen) atoms. The van der Waals surface area contributed by atoms with Crippen LogP contribution < -0.4 is 5.73 Å². The number of nitrogens with one attached hydrogen (secondary N) is 1. The Morgan fingerprint density at radius 2 is 2.06 bits per heavy atom. The second-order valence-electron chi connectivity index (χ2n) is 3.87. The smallest absolute Gasteiger partial charge is 0.216 e. The normalized spacial score (nSPS) is 11.8. The lowest BCUT2D eigenvalue weighted by Gasteiger charge is -2.11. The minimum Gasteiger partial charge on any atom is -0.342 e. The fourth-order valence-electron chi connectivity index (χ4n) is 1.63. The number of nitrogens with two attached hydrogens (primary N) is 1. The van der Waals surface area contributed by atoms with Crippen molar-refractivity contribution in [2.45, 2.75) is 10.2 Å². The third-order valence-electron chi connectivity index (χ3n) is 2.51. The molecule has 0 atom stereocenters. The molecule has 0 aliphatic heterocycles. The minimum atomic E-state index is -1.43. The first kappa shape index (κ1) is 13.7. The summed E-state index contributed by atoms with van der Waals surface area (Å²) in [4.78, 5) is 7.48. The first-order valence-electron chi connectivity index (χ1n) is 5.42. The molecule has 1 aromatic carbocycles. The van der Waals surface area contributed by atoms with Crippen LogP contribution in [0, 0.1) is 0 Å². The second kappa shape index (κ2) is 5.49. The average Bonchev–Trinajstić information content (AvgIpc) is 2.77. The van der Waals surface area contributed by atoms with E-state index in [9.17, 15) is 0 Å². The van der Waals surface area contributed by atoms with E-state index >= 15 is 0 Å². The molecular weight excluding hydrogens is 293 g/mol. The van der Waals surface area contributed by atoms with Gasteiger partial charge in [0.25, 0.3) is 0 Å². The van der Waals surface area contributed by atoms with Crippen LogP contribution in [0.3, 0.4) is 0 Å². The van der Waals surface area contributed by atoms with Gasteiger partial charge >= 0.3 is 0 Å². The monoisotopic (exact) mass is 303 g/mol. The summed E-state index contributed by atoms with van der Waals surface area (Å²) in [5.41, 5.74) is 7.97. The molecule has 6 heteroatoms. The zero-order valence-electron chi connectivity index (χ0n) is 9.46. The highest BCUT2D eigenvalue weighted by molar-refractivity contribution is 6.66. The van der Waals surface area contributed by atoms with Crippen LogP contribution in [0.2, 0.25) is 0 Å². The van der Waals surface area contributed by atoms with Crippen molar-refractivity contribution in [2.24, 2.45) is 5.73 Å². The van der Waals surface area contributed by atoms with E-state index in [4.69, 9.17) is 40.5 Å². The third kappa shape index (κ3) is 3.18. The SMILES string of the molecule is NCCc1cnc(-c2cccc(C(Cl)(Cl)Cl)c2)[nH]1. The average molecular weight is 305 g/mol. The summed E-state index contributed by atoms with van der Waals surface area (Å²) in [6, 6.07) is 7.31. The van der Waals surface area contributed by atoms with Gasteiger partial charge in [0, 0.05) is 29.4 Å². The van der Waals surface area contributed by atoms with Crippen LogP contribution in [0.1, 0.15) is 11.3 Å². The van der Waals surface area contributed by atoms with E-state index in [2.05, 4.69) is 9.97 Å². The quantitative estimate of drug-likeness (QED) is 0.854. The Balaban J connectivity index is 2.32. The zero-order valence-corrected chi connectivity index (χ0v) is 11.7. The first-order valence-corrected chi connectivity index (χ1v) is 6.55. The molecule has 0 saturated carbocycles. The maximum Gasteiger partial charge on any atom is 0.216 e. The largest absolute Gasteiger partial charge is 0.342 e. The number of hydrogen-bond acceptors (Lipinski definition) is 2. The molecule has 0 fully saturated rings. The summed E-state index contributed by atoms with van der Waals surface area (Å²) in [6.45, 7) is 0.579. The molecule has 0 unspecified atom stereocenters. The van der Waals surface area contributed by atoms with Crippen LogP contribution >= 0.6 is 34.8 Å². The van der Waals surface area contributed by atoms with Crippen molar-refractivity contribution >= 4 is 34.8 Å². The second-order valence-corrected chi connectivity index (χ2v) is 6.16. The van der Waals surface area contributed by atoms with Gasteiger partial charge in [-0.15, -0.1) is 0 Å². The first-order chi connectivity index (χ1) is 8.50. The highest BCUT2D eigenvalue weighted by atomic mass is 35.6. The molecule has 2 aromatic rings. The maximum atomic E-state index is 5.86. The van der Waals surface area contributed by atoms with Crippen LogP contribution in [-0.4, -0.2) is 16.5 Å². The van der Waals surface area contributed by atoms with Crippen LogP contribution in [0.15, 0.2) is 30.5 Å². The summed E-state index contributed by atoms with van der Waals surface area (Å²) in [5.74, 6) is 0.745. The molecule has 0 amide bonds. The van der Waals surface area contributed by atoms with Crippen molar-refractivity contribution in [3.05, 3.63) is 41.7 Å². The Kier molecular flexibility index (Phi) is 4.17. The minimum absolute atomic E-state index is 0.579. The molecule has 0 bridgehead atoms. The van der Waals surface area contributed by atoms with Crippen LogP contribution in [0.5, 0.6) is 0 Å². The number of hydrogen-bond donors (Lipinski definition) is 2. The molecule has 0 aliphatic rings. The molecule has 2 rings (SSSR count). The van der Waals surface area contributed by atoms with Gasteiger partial charge in [-0.3, -0.25) is 0 Å². The number of aromatic nitrogens is 2. The van der Waals surface area contributed by atoms with Gasteiger partial charge in [0.15, 0.2) is 0 Å². The molecule has 96 valence electrons. The number of nitrogens with zero attached hydrogens (tertiary/aromatic N) is 1. The Bertz CT molecular complexity index is 531. The molecule has 0 radical (unpaired) electrons. The molecule has 1 aromatic heterocycles. The van der Waals surface area contributed by atoms with Crippen molar-refractivity contribution in [1.82, 2.24) is 9.97 Å². The van der Waals surface area contributed by atoms with Gasteiger partial charge in [0.05, 0.1) is 0 Å². The predicted octanol–water partition coefficient (Wildman–Crippen LogP) is 3.40. The maximum absolute atomic E-state index is 5.86. The lowest BCUT2D eigenvalue weighted by molar-refractivity contribution is 0.936. The van der Waals surface area contributed by atoms with E-state index in [1.165, 1.54) is 0 Å². The molecule has 0 saturated heterocycles. The lowest BCUT2D eigenvalue weighted by atomic mass is 10.1.